The van der Waals surface area contributed by atoms with Gasteiger partial charge in [0, 0.05) is 5.56 Å². The molecule has 0 radical (unpaired) electrons. The van der Waals surface area contributed by atoms with Crippen LogP contribution < -0.4 is 10.1 Å². The van der Waals surface area contributed by atoms with E-state index in [1.807, 2.05) is 24.4 Å². The monoisotopic (exact) mass is 243 g/mol. The molecule has 0 spiro atoms. The van der Waals surface area contributed by atoms with E-state index < -0.39 is 0 Å². The highest BCUT2D eigenvalue weighted by Crippen LogP contribution is 2.25. The first kappa shape index (κ1) is 11.3. The van der Waals surface area contributed by atoms with Gasteiger partial charge in [0.05, 0.1) is 25.0 Å². The van der Waals surface area contributed by atoms with Crippen LogP contribution in [0.3, 0.4) is 0 Å². The van der Waals surface area contributed by atoms with Gasteiger partial charge in [0.15, 0.2) is 0 Å². The Bertz CT molecular complexity index is 529. The highest BCUT2D eigenvalue weighted by molar-refractivity contribution is 5.60. The molecule has 2 aromatic rings. The van der Waals surface area contributed by atoms with Crippen LogP contribution >= 0.6 is 0 Å². The predicted octanol–water partition coefficient (Wildman–Crippen LogP) is 2.51. The lowest BCUT2D eigenvalue weighted by molar-refractivity contribution is 0.415. The normalized spacial score (nSPS) is 19.1. The Morgan fingerprint density at radius 1 is 1.39 bits per heavy atom. The van der Waals surface area contributed by atoms with E-state index in [4.69, 9.17) is 4.74 Å². The Labute approximate surface area is 106 Å². The molecule has 1 aromatic heterocycles. The second kappa shape index (κ2) is 4.82. The van der Waals surface area contributed by atoms with Crippen molar-refractivity contribution in [3.63, 3.8) is 0 Å². The van der Waals surface area contributed by atoms with E-state index in [0.29, 0.717) is 6.04 Å². The van der Waals surface area contributed by atoms with E-state index in [0.717, 1.165) is 35.8 Å². The molecule has 0 aliphatic carbocycles. The molecule has 18 heavy (non-hydrogen) atoms. The van der Waals surface area contributed by atoms with Gasteiger partial charge in [-0.25, -0.2) is 4.98 Å². The number of imidazole rings is 1. The van der Waals surface area contributed by atoms with Gasteiger partial charge in [-0.3, -0.25) is 0 Å². The van der Waals surface area contributed by atoms with Gasteiger partial charge < -0.3 is 15.0 Å². The number of ether oxygens (including phenoxy) is 1. The van der Waals surface area contributed by atoms with Crippen LogP contribution in [-0.2, 0) is 0 Å². The largest absolute Gasteiger partial charge is 0.497 e. The zero-order chi connectivity index (χ0) is 12.4. The van der Waals surface area contributed by atoms with Gasteiger partial charge in [-0.1, -0.05) is 12.1 Å². The quantitative estimate of drug-likeness (QED) is 0.870. The second-order valence-electron chi connectivity index (χ2n) is 4.56. The molecule has 1 aromatic carbocycles. The summed E-state index contributed by atoms with van der Waals surface area (Å²) in [6, 6.07) is 8.38. The van der Waals surface area contributed by atoms with Crippen molar-refractivity contribution >= 4 is 0 Å². The zero-order valence-electron chi connectivity index (χ0n) is 10.4. The Balaban J connectivity index is 1.87. The number of methoxy groups -OCH3 is 1. The minimum atomic E-state index is 0.379. The first-order chi connectivity index (χ1) is 8.86. The van der Waals surface area contributed by atoms with Crippen LogP contribution in [0.25, 0.3) is 11.3 Å². The smallest absolute Gasteiger partial charge is 0.123 e. The predicted molar refractivity (Wildman–Crippen MR) is 70.6 cm³/mol. The molecule has 2 N–H and O–H groups in total. The van der Waals surface area contributed by atoms with Crippen LogP contribution in [0.1, 0.15) is 24.7 Å². The summed E-state index contributed by atoms with van der Waals surface area (Å²) in [5, 5.41) is 3.44. The summed E-state index contributed by atoms with van der Waals surface area (Å²) in [7, 11) is 1.68. The lowest BCUT2D eigenvalue weighted by Gasteiger charge is -2.06. The fourth-order valence-corrected chi connectivity index (χ4v) is 2.37. The number of aromatic nitrogens is 2. The third-order valence-electron chi connectivity index (χ3n) is 3.37. The number of hydrogen-bond donors (Lipinski definition) is 2. The molecule has 0 unspecified atom stereocenters. The summed E-state index contributed by atoms with van der Waals surface area (Å²) < 4.78 is 5.24. The molecule has 2 heterocycles. The van der Waals surface area contributed by atoms with Crippen LogP contribution in [0, 0.1) is 0 Å². The SMILES string of the molecule is COc1cccc(-c2cnc([C@@H]3CCCN3)[nH]2)c1. The molecule has 1 aliphatic heterocycles. The first-order valence-corrected chi connectivity index (χ1v) is 6.29. The third-order valence-corrected chi connectivity index (χ3v) is 3.37. The minimum Gasteiger partial charge on any atom is -0.497 e. The maximum Gasteiger partial charge on any atom is 0.123 e. The summed E-state index contributed by atoms with van der Waals surface area (Å²) >= 11 is 0. The Morgan fingerprint density at radius 2 is 2.33 bits per heavy atom. The summed E-state index contributed by atoms with van der Waals surface area (Å²) in [5.74, 6) is 1.90. The third kappa shape index (κ3) is 2.11. The number of benzene rings is 1. The molecule has 1 aliphatic rings. The van der Waals surface area contributed by atoms with Crippen molar-refractivity contribution in [2.75, 3.05) is 13.7 Å². The lowest BCUT2D eigenvalue weighted by atomic mass is 10.1. The maximum atomic E-state index is 5.24. The van der Waals surface area contributed by atoms with E-state index in [1.54, 1.807) is 7.11 Å². The summed E-state index contributed by atoms with van der Waals surface area (Å²) in [6.07, 6.45) is 4.27. The second-order valence-corrected chi connectivity index (χ2v) is 4.56. The van der Waals surface area contributed by atoms with Gasteiger partial charge in [0.25, 0.3) is 0 Å². The molecular formula is C14H17N3O. The van der Waals surface area contributed by atoms with Crippen LogP contribution in [0.5, 0.6) is 5.75 Å². The summed E-state index contributed by atoms with van der Waals surface area (Å²) in [4.78, 5) is 7.86. The molecule has 0 amide bonds. The molecule has 0 bridgehead atoms. The van der Waals surface area contributed by atoms with Crippen molar-refractivity contribution in [2.24, 2.45) is 0 Å². The fourth-order valence-electron chi connectivity index (χ4n) is 2.37. The summed E-state index contributed by atoms with van der Waals surface area (Å²) in [5.41, 5.74) is 2.14. The maximum absolute atomic E-state index is 5.24. The minimum absolute atomic E-state index is 0.379. The van der Waals surface area contributed by atoms with Crippen molar-refractivity contribution in [3.05, 3.63) is 36.3 Å². The van der Waals surface area contributed by atoms with Crippen LogP contribution in [0.15, 0.2) is 30.5 Å². The average Bonchev–Trinajstić information content (AvgIpc) is 3.09. The van der Waals surface area contributed by atoms with E-state index in [2.05, 4.69) is 21.4 Å². The van der Waals surface area contributed by atoms with Gasteiger partial charge in [-0.15, -0.1) is 0 Å². The average molecular weight is 243 g/mol. The van der Waals surface area contributed by atoms with Crippen molar-refractivity contribution in [1.82, 2.24) is 15.3 Å². The molecule has 4 heteroatoms. The Hall–Kier alpha value is -1.81. The zero-order valence-corrected chi connectivity index (χ0v) is 10.4. The number of nitrogens with one attached hydrogen (secondary N) is 2. The van der Waals surface area contributed by atoms with E-state index in [9.17, 15) is 0 Å². The lowest BCUT2D eigenvalue weighted by Crippen LogP contribution is -2.14. The molecule has 3 rings (SSSR count). The highest BCUT2D eigenvalue weighted by Gasteiger charge is 2.19. The molecule has 4 nitrogen and oxygen atoms in total. The van der Waals surface area contributed by atoms with Gasteiger partial charge in [-0.05, 0) is 31.5 Å². The van der Waals surface area contributed by atoms with Crippen LogP contribution in [0.4, 0.5) is 0 Å². The van der Waals surface area contributed by atoms with Crippen LogP contribution in [-0.4, -0.2) is 23.6 Å². The molecule has 1 atom stereocenters. The molecular weight excluding hydrogens is 226 g/mol. The molecule has 1 saturated heterocycles. The Kier molecular flexibility index (Phi) is 3.02. The van der Waals surface area contributed by atoms with Gasteiger partial charge >= 0.3 is 0 Å². The van der Waals surface area contributed by atoms with Crippen LogP contribution in [0.2, 0.25) is 0 Å². The molecule has 0 saturated carbocycles. The summed E-state index contributed by atoms with van der Waals surface area (Å²) in [6.45, 7) is 1.08. The Morgan fingerprint density at radius 3 is 3.11 bits per heavy atom. The highest BCUT2D eigenvalue weighted by atomic mass is 16.5. The number of rotatable bonds is 3. The number of hydrogen-bond acceptors (Lipinski definition) is 3. The first-order valence-electron chi connectivity index (χ1n) is 6.29. The van der Waals surface area contributed by atoms with Gasteiger partial charge in [0.2, 0.25) is 0 Å². The van der Waals surface area contributed by atoms with Crippen molar-refractivity contribution < 1.29 is 4.74 Å². The van der Waals surface area contributed by atoms with Gasteiger partial charge in [-0.2, -0.15) is 0 Å². The standard InChI is InChI=1S/C14H17N3O/c1-18-11-5-2-4-10(8-11)13-9-16-14(17-13)12-6-3-7-15-12/h2,4-5,8-9,12,15H,3,6-7H2,1H3,(H,16,17)/t12-/m0/s1. The van der Waals surface area contributed by atoms with Crippen molar-refractivity contribution in [2.45, 2.75) is 18.9 Å². The topological polar surface area (TPSA) is 49.9 Å². The molecule has 94 valence electrons. The van der Waals surface area contributed by atoms with E-state index in [-0.39, 0.29) is 0 Å². The van der Waals surface area contributed by atoms with Crippen molar-refractivity contribution in [1.29, 1.82) is 0 Å². The van der Waals surface area contributed by atoms with Crippen molar-refractivity contribution in [3.8, 4) is 17.0 Å². The molecule has 1 fully saturated rings. The van der Waals surface area contributed by atoms with Gasteiger partial charge in [0.1, 0.15) is 11.6 Å². The number of nitrogens with zero attached hydrogens (tertiary/aromatic N) is 1. The number of aromatic amines is 1. The number of H-pyrrole nitrogens is 1. The van der Waals surface area contributed by atoms with E-state index >= 15 is 0 Å². The van der Waals surface area contributed by atoms with E-state index in [1.165, 1.54) is 6.42 Å². The fraction of sp³-hybridized carbons (Fsp3) is 0.357.